The first-order chi connectivity index (χ1) is 8.89. The van der Waals surface area contributed by atoms with E-state index in [2.05, 4.69) is 15.9 Å². The molecule has 0 aromatic carbocycles. The first-order valence-corrected chi connectivity index (χ1v) is 7.88. The Bertz CT molecular complexity index is 459. The monoisotopic (exact) mass is 344 g/mol. The predicted octanol–water partition coefficient (Wildman–Crippen LogP) is 2.21. The number of halogens is 1. The van der Waals surface area contributed by atoms with Crippen LogP contribution < -0.4 is 0 Å². The molecule has 0 N–H and O–H groups in total. The molecule has 0 bridgehead atoms. The van der Waals surface area contributed by atoms with Crippen molar-refractivity contribution in [1.82, 2.24) is 9.80 Å². The van der Waals surface area contributed by atoms with Gasteiger partial charge >= 0.3 is 0 Å². The van der Waals surface area contributed by atoms with Crippen LogP contribution in [-0.2, 0) is 4.79 Å². The summed E-state index contributed by atoms with van der Waals surface area (Å²) < 4.78 is -0.535. The van der Waals surface area contributed by atoms with E-state index in [0.717, 1.165) is 4.88 Å². The molecule has 104 valence electrons. The van der Waals surface area contributed by atoms with Gasteiger partial charge in [-0.15, -0.1) is 11.3 Å². The van der Waals surface area contributed by atoms with E-state index in [1.807, 2.05) is 41.2 Å². The summed E-state index contributed by atoms with van der Waals surface area (Å²) in [6.07, 6.45) is 0. The molecule has 1 fully saturated rings. The van der Waals surface area contributed by atoms with Gasteiger partial charge in [-0.25, -0.2) is 0 Å². The van der Waals surface area contributed by atoms with Crippen LogP contribution in [0.3, 0.4) is 0 Å². The summed E-state index contributed by atoms with van der Waals surface area (Å²) in [6.45, 7) is 6.10. The van der Waals surface area contributed by atoms with Gasteiger partial charge in [0.2, 0.25) is 5.91 Å². The molecule has 0 spiro atoms. The lowest BCUT2D eigenvalue weighted by molar-refractivity contribution is -0.134. The summed E-state index contributed by atoms with van der Waals surface area (Å²) in [6, 6.07) is 3.72. The Hall–Kier alpha value is -0.880. The van der Waals surface area contributed by atoms with Gasteiger partial charge in [0.25, 0.3) is 5.91 Å². The summed E-state index contributed by atoms with van der Waals surface area (Å²) in [4.78, 5) is 28.7. The minimum absolute atomic E-state index is 0.0696. The van der Waals surface area contributed by atoms with Crippen molar-refractivity contribution < 1.29 is 9.59 Å². The van der Waals surface area contributed by atoms with Gasteiger partial charge in [-0.1, -0.05) is 22.0 Å². The lowest BCUT2D eigenvalue weighted by atomic mass is 10.1. The van der Waals surface area contributed by atoms with E-state index in [9.17, 15) is 9.59 Å². The highest BCUT2D eigenvalue weighted by Crippen LogP contribution is 2.21. The quantitative estimate of drug-likeness (QED) is 0.771. The van der Waals surface area contributed by atoms with Crippen molar-refractivity contribution in [1.29, 1.82) is 0 Å². The molecule has 1 aliphatic heterocycles. The molecular weight excluding hydrogens is 328 g/mol. The molecule has 1 saturated heterocycles. The van der Waals surface area contributed by atoms with Gasteiger partial charge in [-0.05, 0) is 25.3 Å². The van der Waals surface area contributed by atoms with Crippen LogP contribution in [0.15, 0.2) is 17.5 Å². The van der Waals surface area contributed by atoms with Crippen LogP contribution in [-0.4, -0.2) is 52.1 Å². The fraction of sp³-hybridized carbons (Fsp3) is 0.538. The van der Waals surface area contributed by atoms with Crippen molar-refractivity contribution in [3.63, 3.8) is 0 Å². The average molecular weight is 345 g/mol. The van der Waals surface area contributed by atoms with E-state index in [-0.39, 0.29) is 11.8 Å². The zero-order valence-electron chi connectivity index (χ0n) is 11.1. The van der Waals surface area contributed by atoms with Crippen molar-refractivity contribution in [3.05, 3.63) is 22.4 Å². The Morgan fingerprint density at radius 3 is 2.26 bits per heavy atom. The second-order valence-electron chi connectivity index (χ2n) is 5.03. The molecule has 1 aliphatic rings. The Morgan fingerprint density at radius 1 is 1.21 bits per heavy atom. The fourth-order valence-electron chi connectivity index (χ4n) is 2.04. The molecular formula is C13H17BrN2O2S. The maximum absolute atomic E-state index is 12.2. The molecule has 0 saturated carbocycles. The van der Waals surface area contributed by atoms with E-state index >= 15 is 0 Å². The number of amides is 2. The summed E-state index contributed by atoms with van der Waals surface area (Å²) in [5, 5.41) is 1.90. The van der Waals surface area contributed by atoms with E-state index in [1.54, 1.807) is 0 Å². The lowest BCUT2D eigenvalue weighted by Gasteiger charge is -2.37. The largest absolute Gasteiger partial charge is 0.338 e. The van der Waals surface area contributed by atoms with Crippen LogP contribution in [0.4, 0.5) is 0 Å². The molecule has 1 aromatic rings. The normalized spacial score (nSPS) is 16.6. The first kappa shape index (κ1) is 14.5. The summed E-state index contributed by atoms with van der Waals surface area (Å²) >= 11 is 4.84. The van der Waals surface area contributed by atoms with Crippen molar-refractivity contribution in [2.75, 3.05) is 26.2 Å². The number of carbonyl (C=O) groups excluding carboxylic acids is 2. The number of alkyl halides is 1. The second kappa shape index (κ2) is 5.63. The molecule has 6 heteroatoms. The molecule has 19 heavy (non-hydrogen) atoms. The van der Waals surface area contributed by atoms with Crippen molar-refractivity contribution in [3.8, 4) is 0 Å². The van der Waals surface area contributed by atoms with Crippen molar-refractivity contribution in [2.24, 2.45) is 0 Å². The highest BCUT2D eigenvalue weighted by Gasteiger charge is 2.32. The minimum atomic E-state index is -0.535. The third-order valence-electron chi connectivity index (χ3n) is 3.09. The van der Waals surface area contributed by atoms with Crippen LogP contribution in [0, 0.1) is 0 Å². The number of carbonyl (C=O) groups is 2. The molecule has 2 amide bonds. The molecule has 0 unspecified atom stereocenters. The SMILES string of the molecule is CC(C)(Br)C(=O)N1CCN(C(=O)c2cccs2)CC1. The van der Waals surface area contributed by atoms with Gasteiger partial charge in [-0.3, -0.25) is 9.59 Å². The number of thiophene rings is 1. The Labute approximate surface area is 125 Å². The van der Waals surface area contributed by atoms with E-state index < -0.39 is 4.32 Å². The number of rotatable bonds is 2. The van der Waals surface area contributed by atoms with Gasteiger partial charge < -0.3 is 9.80 Å². The van der Waals surface area contributed by atoms with Gasteiger partial charge in [0.05, 0.1) is 9.20 Å². The third-order valence-corrected chi connectivity index (χ3v) is 4.29. The summed E-state index contributed by atoms with van der Waals surface area (Å²) in [7, 11) is 0. The highest BCUT2D eigenvalue weighted by atomic mass is 79.9. The van der Waals surface area contributed by atoms with Crippen LogP contribution in [0.1, 0.15) is 23.5 Å². The van der Waals surface area contributed by atoms with Gasteiger partial charge in [-0.2, -0.15) is 0 Å². The van der Waals surface area contributed by atoms with Gasteiger partial charge in [0, 0.05) is 26.2 Å². The molecule has 0 atom stereocenters. The van der Waals surface area contributed by atoms with E-state index in [0.29, 0.717) is 26.2 Å². The van der Waals surface area contributed by atoms with E-state index in [1.165, 1.54) is 11.3 Å². The zero-order chi connectivity index (χ0) is 14.0. The second-order valence-corrected chi connectivity index (χ2v) is 7.96. The molecule has 2 rings (SSSR count). The molecule has 4 nitrogen and oxygen atoms in total. The fourth-order valence-corrected chi connectivity index (χ4v) is 2.99. The van der Waals surface area contributed by atoms with E-state index in [4.69, 9.17) is 0 Å². The van der Waals surface area contributed by atoms with Crippen LogP contribution >= 0.6 is 27.3 Å². The summed E-state index contributed by atoms with van der Waals surface area (Å²) in [5.74, 6) is 0.149. The standard InChI is InChI=1S/C13H17BrN2O2S/c1-13(2,14)12(18)16-7-5-15(6-8-16)11(17)10-4-3-9-19-10/h3-4,9H,5-8H2,1-2H3. The topological polar surface area (TPSA) is 40.6 Å². The maximum Gasteiger partial charge on any atom is 0.264 e. The molecule has 0 aliphatic carbocycles. The average Bonchev–Trinajstić information content (AvgIpc) is 2.90. The number of nitrogens with zero attached hydrogens (tertiary/aromatic N) is 2. The van der Waals surface area contributed by atoms with Crippen LogP contribution in [0.2, 0.25) is 0 Å². The minimum Gasteiger partial charge on any atom is -0.338 e. The van der Waals surface area contributed by atoms with Crippen LogP contribution in [0.25, 0.3) is 0 Å². The van der Waals surface area contributed by atoms with Crippen molar-refractivity contribution >= 4 is 39.1 Å². The first-order valence-electron chi connectivity index (χ1n) is 6.20. The zero-order valence-corrected chi connectivity index (χ0v) is 13.5. The Morgan fingerprint density at radius 2 is 1.79 bits per heavy atom. The van der Waals surface area contributed by atoms with Gasteiger partial charge in [0.1, 0.15) is 0 Å². The predicted molar refractivity (Wildman–Crippen MR) is 79.8 cm³/mol. The van der Waals surface area contributed by atoms with Gasteiger partial charge in [0.15, 0.2) is 0 Å². The number of hydrogen-bond donors (Lipinski definition) is 0. The third kappa shape index (κ3) is 3.36. The maximum atomic E-state index is 12.2. The van der Waals surface area contributed by atoms with Crippen LogP contribution in [0.5, 0.6) is 0 Å². The molecule has 0 radical (unpaired) electrons. The Balaban J connectivity index is 1.93. The smallest absolute Gasteiger partial charge is 0.264 e. The highest BCUT2D eigenvalue weighted by molar-refractivity contribution is 9.10. The number of piperazine rings is 1. The number of hydrogen-bond acceptors (Lipinski definition) is 3. The molecule has 1 aromatic heterocycles. The lowest BCUT2D eigenvalue weighted by Crippen LogP contribution is -2.53. The summed E-state index contributed by atoms with van der Waals surface area (Å²) in [5.41, 5.74) is 0. The Kier molecular flexibility index (Phi) is 4.30. The molecule has 2 heterocycles. The van der Waals surface area contributed by atoms with Crippen molar-refractivity contribution in [2.45, 2.75) is 18.2 Å².